The van der Waals surface area contributed by atoms with Crippen molar-refractivity contribution in [1.82, 2.24) is 10.3 Å². The van der Waals surface area contributed by atoms with Crippen LogP contribution >= 0.6 is 0 Å². The van der Waals surface area contributed by atoms with E-state index in [1.54, 1.807) is 12.3 Å². The summed E-state index contributed by atoms with van der Waals surface area (Å²) in [6, 6.07) is 5.53. The number of benzene rings is 1. The van der Waals surface area contributed by atoms with E-state index in [-0.39, 0.29) is 19.1 Å². The van der Waals surface area contributed by atoms with Crippen LogP contribution in [0.25, 0.3) is 10.8 Å². The maximum atomic E-state index is 11.9. The lowest BCUT2D eigenvalue weighted by molar-refractivity contribution is 0.0941. The predicted molar refractivity (Wildman–Crippen MR) is 70.3 cm³/mol. The lowest BCUT2D eigenvalue weighted by Crippen LogP contribution is -2.27. The van der Waals surface area contributed by atoms with Crippen LogP contribution in [0.5, 0.6) is 0 Å². The molecule has 1 aromatic heterocycles. The average Bonchev–Trinajstić information content (AvgIpc) is 2.35. The molecule has 2 rings (SSSR count). The van der Waals surface area contributed by atoms with Gasteiger partial charge < -0.3 is 16.2 Å². The third-order valence-corrected chi connectivity index (χ3v) is 2.67. The molecule has 0 aliphatic rings. The quantitative estimate of drug-likeness (QED) is 0.699. The number of fused-ring (bicyclic) bond motifs is 1. The van der Waals surface area contributed by atoms with Gasteiger partial charge in [0, 0.05) is 29.2 Å². The number of hydrogen-bond donors (Lipinski definition) is 3. The van der Waals surface area contributed by atoms with Gasteiger partial charge >= 0.3 is 0 Å². The number of nitrogens with two attached hydrogens (primary N) is 1. The molecule has 0 spiro atoms. The summed E-state index contributed by atoms with van der Waals surface area (Å²) in [5.41, 5.74) is 7.86. The lowest BCUT2D eigenvalue weighted by Gasteiger charge is -2.08. The van der Waals surface area contributed by atoms with Crippen LogP contribution in [0.15, 0.2) is 24.4 Å². The summed E-state index contributed by atoms with van der Waals surface area (Å²) in [6.07, 6.45) is 1.56. The minimum absolute atomic E-state index is 0.0995. The molecular weight excluding hydrogens is 230 g/mol. The molecule has 1 amide bonds. The topological polar surface area (TPSA) is 88.2 Å². The first-order chi connectivity index (χ1) is 8.63. The van der Waals surface area contributed by atoms with Gasteiger partial charge in [0.15, 0.2) is 0 Å². The van der Waals surface area contributed by atoms with Crippen molar-refractivity contribution in [3.8, 4) is 0 Å². The van der Waals surface area contributed by atoms with Crippen molar-refractivity contribution >= 4 is 22.4 Å². The fourth-order valence-electron chi connectivity index (χ4n) is 1.90. The zero-order valence-corrected chi connectivity index (χ0v) is 10.1. The van der Waals surface area contributed by atoms with Gasteiger partial charge in [0.05, 0.1) is 6.61 Å². The second kappa shape index (κ2) is 5.01. The van der Waals surface area contributed by atoms with E-state index < -0.39 is 0 Å². The van der Waals surface area contributed by atoms with Gasteiger partial charge in [-0.1, -0.05) is 0 Å². The van der Waals surface area contributed by atoms with Crippen molar-refractivity contribution in [3.05, 3.63) is 35.7 Å². The molecule has 1 heterocycles. The average molecular weight is 245 g/mol. The zero-order valence-electron chi connectivity index (χ0n) is 10.1. The van der Waals surface area contributed by atoms with Crippen molar-refractivity contribution < 1.29 is 9.90 Å². The molecule has 0 radical (unpaired) electrons. The van der Waals surface area contributed by atoms with Gasteiger partial charge in [-0.05, 0) is 30.7 Å². The van der Waals surface area contributed by atoms with Gasteiger partial charge in [0.2, 0.25) is 0 Å². The number of nitrogens with one attached hydrogen (secondary N) is 1. The highest BCUT2D eigenvalue weighted by Gasteiger charge is 2.12. The van der Waals surface area contributed by atoms with Crippen LogP contribution in [0.1, 0.15) is 16.1 Å². The number of rotatable bonds is 3. The first kappa shape index (κ1) is 12.3. The molecule has 5 nitrogen and oxygen atoms in total. The standard InChI is InChI=1S/C13H15N3O2/c1-8-6-10-9(11(14)7-8)2-3-15-12(10)13(18)16-4-5-17/h2-3,6-7,17H,4-5,14H2,1H3,(H,16,18). The van der Waals surface area contributed by atoms with Gasteiger partial charge in [-0.15, -0.1) is 0 Å². The highest BCUT2D eigenvalue weighted by atomic mass is 16.3. The molecule has 94 valence electrons. The summed E-state index contributed by atoms with van der Waals surface area (Å²) in [5, 5.41) is 12.8. The van der Waals surface area contributed by atoms with Crippen molar-refractivity contribution in [3.63, 3.8) is 0 Å². The fraction of sp³-hybridized carbons (Fsp3) is 0.231. The second-order valence-electron chi connectivity index (χ2n) is 4.09. The van der Waals surface area contributed by atoms with E-state index in [9.17, 15) is 4.79 Å². The lowest BCUT2D eigenvalue weighted by atomic mass is 10.0. The van der Waals surface area contributed by atoms with Crippen LogP contribution in [0.2, 0.25) is 0 Å². The molecule has 18 heavy (non-hydrogen) atoms. The third-order valence-electron chi connectivity index (χ3n) is 2.67. The van der Waals surface area contributed by atoms with E-state index in [2.05, 4.69) is 10.3 Å². The SMILES string of the molecule is Cc1cc(N)c2ccnc(C(=O)NCCO)c2c1. The Hall–Kier alpha value is -2.14. The van der Waals surface area contributed by atoms with Gasteiger partial charge in [-0.2, -0.15) is 0 Å². The number of anilines is 1. The number of aliphatic hydroxyl groups excluding tert-OH is 1. The van der Waals surface area contributed by atoms with Crippen LogP contribution in [0.3, 0.4) is 0 Å². The molecule has 0 unspecified atom stereocenters. The zero-order chi connectivity index (χ0) is 13.1. The summed E-state index contributed by atoms with van der Waals surface area (Å²) in [7, 11) is 0. The molecule has 0 aliphatic heterocycles. The monoisotopic (exact) mass is 245 g/mol. The molecule has 1 aromatic carbocycles. The molecule has 4 N–H and O–H groups in total. The van der Waals surface area contributed by atoms with Crippen LogP contribution in [0.4, 0.5) is 5.69 Å². The first-order valence-electron chi connectivity index (χ1n) is 5.67. The van der Waals surface area contributed by atoms with Crippen LogP contribution in [-0.2, 0) is 0 Å². The Labute approximate surface area is 105 Å². The molecule has 0 atom stereocenters. The largest absolute Gasteiger partial charge is 0.398 e. The number of amides is 1. The van der Waals surface area contributed by atoms with Crippen LogP contribution < -0.4 is 11.1 Å². The number of nitrogens with zero attached hydrogens (tertiary/aromatic N) is 1. The van der Waals surface area contributed by atoms with Gasteiger partial charge in [-0.3, -0.25) is 9.78 Å². The molecule has 0 aliphatic carbocycles. The summed E-state index contributed by atoms with van der Waals surface area (Å²) in [6.45, 7) is 2.02. The molecule has 2 aromatic rings. The van der Waals surface area contributed by atoms with Gasteiger partial charge in [0.1, 0.15) is 5.69 Å². The molecule has 0 saturated carbocycles. The van der Waals surface area contributed by atoms with Crippen molar-refractivity contribution in [2.24, 2.45) is 0 Å². The summed E-state index contributed by atoms with van der Waals surface area (Å²) >= 11 is 0. The van der Waals surface area contributed by atoms with Crippen molar-refractivity contribution in [1.29, 1.82) is 0 Å². The van der Waals surface area contributed by atoms with E-state index in [1.807, 2.05) is 19.1 Å². The van der Waals surface area contributed by atoms with E-state index in [0.29, 0.717) is 11.4 Å². The smallest absolute Gasteiger partial charge is 0.270 e. The Morgan fingerprint density at radius 2 is 2.22 bits per heavy atom. The third kappa shape index (κ3) is 2.26. The van der Waals surface area contributed by atoms with E-state index in [0.717, 1.165) is 16.3 Å². The highest BCUT2D eigenvalue weighted by molar-refractivity contribution is 6.08. The summed E-state index contributed by atoms with van der Waals surface area (Å²) in [5.74, 6) is -0.306. The Kier molecular flexibility index (Phi) is 3.43. The van der Waals surface area contributed by atoms with Crippen LogP contribution in [-0.4, -0.2) is 29.1 Å². The molecule has 0 fully saturated rings. The van der Waals surface area contributed by atoms with Gasteiger partial charge in [0.25, 0.3) is 5.91 Å². The van der Waals surface area contributed by atoms with E-state index in [1.165, 1.54) is 0 Å². The predicted octanol–water partition coefficient (Wildman–Crippen LogP) is 0.848. The van der Waals surface area contributed by atoms with Crippen molar-refractivity contribution in [2.75, 3.05) is 18.9 Å². The molecule has 5 heteroatoms. The molecular formula is C13H15N3O2. The summed E-state index contributed by atoms with van der Waals surface area (Å²) in [4.78, 5) is 16.0. The van der Waals surface area contributed by atoms with E-state index in [4.69, 9.17) is 10.8 Å². The number of aliphatic hydroxyl groups is 1. The van der Waals surface area contributed by atoms with E-state index >= 15 is 0 Å². The number of pyridine rings is 1. The maximum Gasteiger partial charge on any atom is 0.270 e. The summed E-state index contributed by atoms with van der Waals surface area (Å²) < 4.78 is 0. The Bertz CT molecular complexity index is 596. The number of nitrogen functional groups attached to an aromatic ring is 1. The number of aromatic nitrogens is 1. The minimum atomic E-state index is -0.306. The van der Waals surface area contributed by atoms with Gasteiger partial charge in [-0.25, -0.2) is 0 Å². The second-order valence-corrected chi connectivity index (χ2v) is 4.09. The maximum absolute atomic E-state index is 11.9. The highest BCUT2D eigenvalue weighted by Crippen LogP contribution is 2.24. The fourth-order valence-corrected chi connectivity index (χ4v) is 1.90. The Balaban J connectivity index is 2.54. The first-order valence-corrected chi connectivity index (χ1v) is 5.67. The van der Waals surface area contributed by atoms with Crippen LogP contribution in [0, 0.1) is 6.92 Å². The number of carbonyl (C=O) groups excluding carboxylic acids is 1. The molecule has 0 bridgehead atoms. The number of aryl methyl sites for hydroxylation is 1. The Morgan fingerprint density at radius 3 is 2.94 bits per heavy atom. The normalized spacial score (nSPS) is 10.6. The minimum Gasteiger partial charge on any atom is -0.398 e. The number of carbonyl (C=O) groups is 1. The molecule has 0 saturated heterocycles. The van der Waals surface area contributed by atoms with Crippen molar-refractivity contribution in [2.45, 2.75) is 6.92 Å². The number of hydrogen-bond acceptors (Lipinski definition) is 4. The Morgan fingerprint density at radius 1 is 1.44 bits per heavy atom.